The van der Waals surface area contributed by atoms with Crippen LogP contribution < -0.4 is 4.90 Å². The van der Waals surface area contributed by atoms with E-state index in [1.54, 1.807) is 65.8 Å². The summed E-state index contributed by atoms with van der Waals surface area (Å²) in [7, 11) is -2.42. The van der Waals surface area contributed by atoms with Crippen molar-refractivity contribution in [3.63, 3.8) is 0 Å². The van der Waals surface area contributed by atoms with Crippen LogP contribution in [0.3, 0.4) is 0 Å². The highest BCUT2D eigenvalue weighted by Crippen LogP contribution is 2.32. The SMILES string of the molecule is CN(C1CCN(c2ccccc2Cl)C1=O)S(=O)(=O)c1cccc2cnccc12. The number of pyridine rings is 1. The van der Waals surface area contributed by atoms with Crippen LogP contribution in [0.1, 0.15) is 6.42 Å². The van der Waals surface area contributed by atoms with Crippen molar-refractivity contribution in [2.45, 2.75) is 17.4 Å². The van der Waals surface area contributed by atoms with Crippen molar-refractivity contribution in [3.05, 3.63) is 65.9 Å². The number of carbonyl (C=O) groups excluding carboxylic acids is 1. The third kappa shape index (κ3) is 3.05. The fourth-order valence-electron chi connectivity index (χ4n) is 3.55. The summed E-state index contributed by atoms with van der Waals surface area (Å²) < 4.78 is 27.8. The number of rotatable bonds is 4. The fraction of sp³-hybridized carbons (Fsp3) is 0.200. The van der Waals surface area contributed by atoms with E-state index in [0.717, 1.165) is 5.39 Å². The van der Waals surface area contributed by atoms with Gasteiger partial charge in [-0.2, -0.15) is 4.31 Å². The molecule has 1 aliphatic rings. The molecule has 3 aromatic rings. The predicted octanol–water partition coefficient (Wildman–Crippen LogP) is 3.31. The van der Waals surface area contributed by atoms with Crippen molar-refractivity contribution in [1.29, 1.82) is 0 Å². The molecule has 1 amide bonds. The molecular formula is C20H18ClN3O3S. The molecular weight excluding hydrogens is 398 g/mol. The van der Waals surface area contributed by atoms with E-state index in [9.17, 15) is 13.2 Å². The molecule has 144 valence electrons. The van der Waals surface area contributed by atoms with Gasteiger partial charge in [0, 0.05) is 36.8 Å². The van der Waals surface area contributed by atoms with E-state index in [-0.39, 0.29) is 10.8 Å². The predicted molar refractivity (Wildman–Crippen MR) is 109 cm³/mol. The Labute approximate surface area is 168 Å². The Morgan fingerprint density at radius 1 is 1.14 bits per heavy atom. The Balaban J connectivity index is 1.68. The van der Waals surface area contributed by atoms with Gasteiger partial charge < -0.3 is 4.90 Å². The van der Waals surface area contributed by atoms with Gasteiger partial charge in [0.1, 0.15) is 6.04 Å². The number of hydrogen-bond donors (Lipinski definition) is 0. The second-order valence-corrected chi connectivity index (χ2v) is 8.99. The number of nitrogens with zero attached hydrogens (tertiary/aromatic N) is 3. The van der Waals surface area contributed by atoms with Crippen LogP contribution in [0, 0.1) is 0 Å². The lowest BCUT2D eigenvalue weighted by molar-refractivity contribution is -0.120. The van der Waals surface area contributed by atoms with Crippen LogP contribution in [0.4, 0.5) is 5.69 Å². The lowest BCUT2D eigenvalue weighted by Gasteiger charge is -2.24. The van der Waals surface area contributed by atoms with Crippen molar-refractivity contribution >= 4 is 44.0 Å². The quantitative estimate of drug-likeness (QED) is 0.655. The Hall–Kier alpha value is -2.48. The van der Waals surface area contributed by atoms with E-state index in [1.807, 2.05) is 0 Å². The van der Waals surface area contributed by atoms with Gasteiger partial charge in [0.2, 0.25) is 15.9 Å². The van der Waals surface area contributed by atoms with Gasteiger partial charge in [-0.1, -0.05) is 35.9 Å². The number of benzene rings is 2. The standard InChI is InChI=1S/C20H18ClN3O3S/c1-23(18-10-12-24(20(18)25)17-7-3-2-6-16(17)21)28(26,27)19-8-4-5-14-13-22-11-9-15(14)19/h2-9,11,13,18H,10,12H2,1H3. The van der Waals surface area contributed by atoms with Crippen LogP contribution in [0.25, 0.3) is 10.8 Å². The minimum absolute atomic E-state index is 0.166. The molecule has 1 aromatic heterocycles. The normalized spacial score (nSPS) is 17.6. The van der Waals surface area contributed by atoms with E-state index in [4.69, 9.17) is 11.6 Å². The lowest BCUT2D eigenvalue weighted by Crippen LogP contribution is -2.43. The van der Waals surface area contributed by atoms with E-state index in [2.05, 4.69) is 4.98 Å². The Bertz CT molecular complexity index is 1160. The number of para-hydroxylation sites is 1. The number of amides is 1. The summed E-state index contributed by atoms with van der Waals surface area (Å²) >= 11 is 6.22. The number of halogens is 1. The largest absolute Gasteiger partial charge is 0.309 e. The average molecular weight is 416 g/mol. The average Bonchev–Trinajstić information content (AvgIpc) is 3.08. The zero-order chi connectivity index (χ0) is 19.9. The molecule has 2 aromatic carbocycles. The molecule has 1 aliphatic heterocycles. The topological polar surface area (TPSA) is 70.6 Å². The summed E-state index contributed by atoms with van der Waals surface area (Å²) in [6.07, 6.45) is 3.57. The van der Waals surface area contributed by atoms with E-state index >= 15 is 0 Å². The second-order valence-electron chi connectivity index (χ2n) is 6.62. The number of hydrogen-bond acceptors (Lipinski definition) is 4. The van der Waals surface area contributed by atoms with E-state index < -0.39 is 16.1 Å². The zero-order valence-corrected chi connectivity index (χ0v) is 16.7. The van der Waals surface area contributed by atoms with Gasteiger partial charge in [0.05, 0.1) is 15.6 Å². The van der Waals surface area contributed by atoms with Gasteiger partial charge in [-0.25, -0.2) is 8.42 Å². The van der Waals surface area contributed by atoms with Gasteiger partial charge in [-0.3, -0.25) is 9.78 Å². The van der Waals surface area contributed by atoms with Crippen molar-refractivity contribution in [2.24, 2.45) is 0 Å². The van der Waals surface area contributed by atoms with Crippen molar-refractivity contribution < 1.29 is 13.2 Å². The number of likely N-dealkylation sites (N-methyl/N-ethyl adjacent to an activating group) is 1. The van der Waals surface area contributed by atoms with E-state index in [0.29, 0.717) is 29.1 Å². The summed E-state index contributed by atoms with van der Waals surface area (Å²) in [4.78, 5) is 18.7. The van der Waals surface area contributed by atoms with Gasteiger partial charge in [-0.05, 0) is 30.7 Å². The highest BCUT2D eigenvalue weighted by atomic mass is 35.5. The molecule has 0 saturated carbocycles. The number of carbonyl (C=O) groups is 1. The molecule has 0 bridgehead atoms. The minimum atomic E-state index is -3.87. The van der Waals surface area contributed by atoms with Crippen LogP contribution in [-0.2, 0) is 14.8 Å². The Kier molecular flexibility index (Phi) is 4.82. The fourth-order valence-corrected chi connectivity index (χ4v) is 5.35. The molecule has 4 rings (SSSR count). The highest BCUT2D eigenvalue weighted by molar-refractivity contribution is 7.89. The second kappa shape index (κ2) is 7.16. The first-order valence-corrected chi connectivity index (χ1v) is 10.6. The maximum Gasteiger partial charge on any atom is 0.245 e. The molecule has 1 atom stereocenters. The van der Waals surface area contributed by atoms with E-state index in [1.165, 1.54) is 11.4 Å². The molecule has 0 radical (unpaired) electrons. The molecule has 1 unspecified atom stereocenters. The van der Waals surface area contributed by atoms with Crippen LogP contribution in [0.15, 0.2) is 65.8 Å². The van der Waals surface area contributed by atoms with Crippen molar-refractivity contribution in [2.75, 3.05) is 18.5 Å². The molecule has 8 heteroatoms. The minimum Gasteiger partial charge on any atom is -0.309 e. The number of fused-ring (bicyclic) bond motifs is 1. The van der Waals surface area contributed by atoms with Crippen molar-refractivity contribution in [3.8, 4) is 0 Å². The van der Waals surface area contributed by atoms with Crippen molar-refractivity contribution in [1.82, 2.24) is 9.29 Å². The number of anilines is 1. The third-order valence-corrected chi connectivity index (χ3v) is 7.30. The van der Waals surface area contributed by atoms with Gasteiger partial charge in [0.25, 0.3) is 0 Å². The lowest BCUT2D eigenvalue weighted by atomic mass is 10.2. The first-order valence-electron chi connectivity index (χ1n) is 8.78. The number of sulfonamides is 1. The van der Waals surface area contributed by atoms with Crippen LogP contribution in [0.2, 0.25) is 5.02 Å². The Morgan fingerprint density at radius 3 is 2.71 bits per heavy atom. The number of aromatic nitrogens is 1. The molecule has 1 saturated heterocycles. The van der Waals surface area contributed by atoms with Gasteiger partial charge >= 0.3 is 0 Å². The highest BCUT2D eigenvalue weighted by Gasteiger charge is 2.41. The van der Waals surface area contributed by atoms with Crippen LogP contribution in [-0.4, -0.2) is 43.2 Å². The Morgan fingerprint density at radius 2 is 1.93 bits per heavy atom. The summed E-state index contributed by atoms with van der Waals surface area (Å²) in [6.45, 7) is 0.409. The summed E-state index contributed by atoms with van der Waals surface area (Å²) in [5.74, 6) is -0.277. The van der Waals surface area contributed by atoms with Gasteiger partial charge in [0.15, 0.2) is 0 Å². The third-order valence-electron chi connectivity index (χ3n) is 5.06. The molecule has 0 aliphatic carbocycles. The maximum atomic E-state index is 13.3. The van der Waals surface area contributed by atoms with Crippen LogP contribution >= 0.6 is 11.6 Å². The molecule has 28 heavy (non-hydrogen) atoms. The monoisotopic (exact) mass is 415 g/mol. The first-order chi connectivity index (χ1) is 13.4. The molecule has 0 N–H and O–H groups in total. The molecule has 2 heterocycles. The molecule has 1 fully saturated rings. The summed E-state index contributed by atoms with van der Waals surface area (Å²) in [5.41, 5.74) is 0.596. The smallest absolute Gasteiger partial charge is 0.245 e. The zero-order valence-electron chi connectivity index (χ0n) is 15.1. The summed E-state index contributed by atoms with van der Waals surface area (Å²) in [6, 6.07) is 13.0. The van der Waals surface area contributed by atoms with Crippen LogP contribution in [0.5, 0.6) is 0 Å². The van der Waals surface area contributed by atoms with Gasteiger partial charge in [-0.15, -0.1) is 0 Å². The summed E-state index contributed by atoms with van der Waals surface area (Å²) in [5, 5.41) is 1.77. The molecule has 0 spiro atoms. The molecule has 6 nitrogen and oxygen atoms in total. The first kappa shape index (κ1) is 18.9. The maximum absolute atomic E-state index is 13.3.